The molecule has 0 fully saturated rings. The van der Waals surface area contributed by atoms with Crippen molar-refractivity contribution in [3.8, 4) is 23.8 Å². The van der Waals surface area contributed by atoms with Crippen LogP contribution < -0.4 is 31.6 Å². The first-order valence-corrected chi connectivity index (χ1v) is 9.89. The third-order valence-corrected chi connectivity index (χ3v) is 5.10. The summed E-state index contributed by atoms with van der Waals surface area (Å²) in [5.74, 6) is 1.53. The first-order chi connectivity index (χ1) is 16.0. The molecule has 0 saturated heterocycles. The highest BCUT2D eigenvalue weighted by molar-refractivity contribution is 5.98. The summed E-state index contributed by atoms with van der Waals surface area (Å²) in [6.45, 7) is 0.374. The highest BCUT2D eigenvalue weighted by atomic mass is 16.5. The van der Waals surface area contributed by atoms with Gasteiger partial charge in [0.25, 0.3) is 0 Å². The lowest BCUT2D eigenvalue weighted by atomic mass is 9.94. The van der Waals surface area contributed by atoms with E-state index < -0.39 is 6.04 Å². The number of nitrogens with one attached hydrogen (secondary N) is 2. The van der Waals surface area contributed by atoms with Crippen molar-refractivity contribution in [2.45, 2.75) is 12.6 Å². The van der Waals surface area contributed by atoms with Gasteiger partial charge in [0, 0.05) is 11.1 Å². The Hall–Kier alpha value is -4.96. The van der Waals surface area contributed by atoms with Crippen molar-refractivity contribution in [1.82, 2.24) is 10.3 Å². The number of rotatable bonds is 5. The molecule has 0 aliphatic carbocycles. The van der Waals surface area contributed by atoms with E-state index in [9.17, 15) is 5.26 Å². The number of anilines is 3. The van der Waals surface area contributed by atoms with Crippen LogP contribution in [-0.4, -0.2) is 18.1 Å². The molecular formula is C23H20N8O2. The number of methoxy groups -OCH3 is 1. The summed E-state index contributed by atoms with van der Waals surface area (Å²) in [4.78, 5) is 8.85. The molecule has 2 aromatic carbocycles. The van der Waals surface area contributed by atoms with Crippen LogP contribution in [-0.2, 0) is 6.61 Å². The smallest absolute Gasteiger partial charge is 0.211 e. The Labute approximate surface area is 190 Å². The number of guanidine groups is 1. The van der Waals surface area contributed by atoms with E-state index in [1.165, 1.54) is 7.11 Å². The van der Waals surface area contributed by atoms with Gasteiger partial charge in [0.2, 0.25) is 5.96 Å². The molecular weight excluding hydrogens is 420 g/mol. The molecule has 164 valence electrons. The fourth-order valence-corrected chi connectivity index (χ4v) is 3.56. The summed E-state index contributed by atoms with van der Waals surface area (Å²) in [5, 5.41) is 24.0. The number of pyridine rings is 1. The normalized spacial score (nSPS) is 14.0. The number of ether oxygens (including phenoxy) is 2. The number of nitrogens with zero attached hydrogens (tertiary/aromatic N) is 4. The molecule has 10 nitrogen and oxygen atoms in total. The molecule has 1 aliphatic rings. The van der Waals surface area contributed by atoms with E-state index in [0.29, 0.717) is 35.1 Å². The number of fused-ring (bicyclic) bond motifs is 1. The van der Waals surface area contributed by atoms with Gasteiger partial charge in [0.05, 0.1) is 12.8 Å². The van der Waals surface area contributed by atoms with Gasteiger partial charge in [-0.3, -0.25) is 5.32 Å². The Morgan fingerprint density at radius 2 is 1.94 bits per heavy atom. The molecule has 0 amide bonds. The molecule has 1 aromatic heterocycles. The number of nitrogen functional groups attached to an aromatic ring is 2. The average molecular weight is 440 g/mol. The minimum Gasteiger partial charge on any atom is -0.496 e. The summed E-state index contributed by atoms with van der Waals surface area (Å²) >= 11 is 0. The van der Waals surface area contributed by atoms with Crippen LogP contribution in [0.2, 0.25) is 0 Å². The van der Waals surface area contributed by atoms with E-state index in [1.807, 2.05) is 42.6 Å². The van der Waals surface area contributed by atoms with Crippen molar-refractivity contribution in [2.24, 2.45) is 4.99 Å². The van der Waals surface area contributed by atoms with Gasteiger partial charge in [0.1, 0.15) is 47.4 Å². The third kappa shape index (κ3) is 4.13. The molecule has 1 aliphatic heterocycles. The Bertz CT molecular complexity index is 1310. The molecule has 1 unspecified atom stereocenters. The monoisotopic (exact) mass is 440 g/mol. The molecule has 6 N–H and O–H groups in total. The number of aromatic nitrogens is 1. The van der Waals surface area contributed by atoms with Gasteiger partial charge in [-0.25, -0.2) is 9.98 Å². The molecule has 1 atom stereocenters. The molecule has 33 heavy (non-hydrogen) atoms. The molecule has 2 heterocycles. The summed E-state index contributed by atoms with van der Waals surface area (Å²) < 4.78 is 11.5. The largest absolute Gasteiger partial charge is 0.496 e. The first-order valence-electron chi connectivity index (χ1n) is 9.89. The second kappa shape index (κ2) is 9.04. The number of hydrogen-bond donors (Lipinski definition) is 4. The lowest BCUT2D eigenvalue weighted by Gasteiger charge is -2.27. The number of hydrogen-bond acceptors (Lipinski definition) is 10. The van der Waals surface area contributed by atoms with Crippen LogP contribution in [0.1, 0.15) is 28.3 Å². The topological polar surface area (TPSA) is 167 Å². The van der Waals surface area contributed by atoms with Gasteiger partial charge in [-0.15, -0.1) is 0 Å². The van der Waals surface area contributed by atoms with E-state index in [4.69, 9.17) is 26.2 Å². The van der Waals surface area contributed by atoms with Gasteiger partial charge in [-0.05, 0) is 23.8 Å². The zero-order valence-corrected chi connectivity index (χ0v) is 17.7. The van der Waals surface area contributed by atoms with Gasteiger partial charge in [0.15, 0.2) is 6.19 Å². The molecule has 3 aromatic rings. The standard InChI is InChI=1S/C23H20N8O2/c1-32-17-8-7-14(33-11-13-5-3-2-4-6-13)9-15(17)20-18-19(26)16(10-24)21(27)30-22(18)31-23(29-20)28-12-25/h2-9,20H,11H2,1H3,(H6,26,27,28,29,30,31). The van der Waals surface area contributed by atoms with Crippen LogP contribution in [0.4, 0.5) is 17.3 Å². The molecule has 0 spiro atoms. The van der Waals surface area contributed by atoms with Gasteiger partial charge in [-0.1, -0.05) is 30.3 Å². The van der Waals surface area contributed by atoms with Gasteiger partial charge >= 0.3 is 0 Å². The second-order valence-corrected chi connectivity index (χ2v) is 7.08. The van der Waals surface area contributed by atoms with Crippen LogP contribution in [0.5, 0.6) is 11.5 Å². The predicted molar refractivity (Wildman–Crippen MR) is 123 cm³/mol. The average Bonchev–Trinajstić information content (AvgIpc) is 2.83. The Morgan fingerprint density at radius 3 is 2.64 bits per heavy atom. The van der Waals surface area contributed by atoms with Crippen molar-refractivity contribution in [3.63, 3.8) is 0 Å². The van der Waals surface area contributed by atoms with Crippen molar-refractivity contribution in [3.05, 3.63) is 70.8 Å². The number of aliphatic imine (C=N–C) groups is 1. The number of nitriles is 2. The Balaban J connectivity index is 1.81. The molecule has 0 bridgehead atoms. The number of benzene rings is 2. The highest BCUT2D eigenvalue weighted by Gasteiger charge is 2.31. The summed E-state index contributed by atoms with van der Waals surface area (Å²) in [7, 11) is 1.54. The maximum Gasteiger partial charge on any atom is 0.211 e. The van der Waals surface area contributed by atoms with Gasteiger partial charge < -0.3 is 26.3 Å². The lowest BCUT2D eigenvalue weighted by molar-refractivity contribution is 0.305. The van der Waals surface area contributed by atoms with Gasteiger partial charge in [-0.2, -0.15) is 10.5 Å². The minimum atomic E-state index is -0.743. The molecule has 10 heteroatoms. The quantitative estimate of drug-likeness (QED) is 0.344. The van der Waals surface area contributed by atoms with Crippen LogP contribution in [0.3, 0.4) is 0 Å². The van der Waals surface area contributed by atoms with Crippen LogP contribution in [0, 0.1) is 22.8 Å². The summed E-state index contributed by atoms with van der Waals surface area (Å²) in [6, 6.07) is 16.3. The Morgan fingerprint density at radius 1 is 1.15 bits per heavy atom. The van der Waals surface area contributed by atoms with Crippen molar-refractivity contribution in [2.75, 3.05) is 23.9 Å². The van der Waals surface area contributed by atoms with Crippen LogP contribution >= 0.6 is 0 Å². The van der Waals surface area contributed by atoms with E-state index in [2.05, 4.69) is 20.6 Å². The zero-order chi connectivity index (χ0) is 23.4. The van der Waals surface area contributed by atoms with Crippen molar-refractivity contribution in [1.29, 1.82) is 10.5 Å². The lowest BCUT2D eigenvalue weighted by Crippen LogP contribution is -2.32. The maximum absolute atomic E-state index is 9.51. The molecule has 0 radical (unpaired) electrons. The van der Waals surface area contributed by atoms with E-state index >= 15 is 0 Å². The first kappa shape index (κ1) is 21.3. The minimum absolute atomic E-state index is 0.0230. The molecule has 4 rings (SSSR count). The van der Waals surface area contributed by atoms with Crippen molar-refractivity contribution < 1.29 is 9.47 Å². The fourth-order valence-electron chi connectivity index (χ4n) is 3.56. The van der Waals surface area contributed by atoms with Crippen LogP contribution in [0.25, 0.3) is 0 Å². The highest BCUT2D eigenvalue weighted by Crippen LogP contribution is 2.44. The summed E-state index contributed by atoms with van der Waals surface area (Å²) in [6.07, 6.45) is 1.83. The maximum atomic E-state index is 9.51. The van der Waals surface area contributed by atoms with Crippen molar-refractivity contribution >= 4 is 23.3 Å². The predicted octanol–water partition coefficient (Wildman–Crippen LogP) is 2.65. The summed E-state index contributed by atoms with van der Waals surface area (Å²) in [5.41, 5.74) is 14.5. The Kier molecular flexibility index (Phi) is 5.83. The zero-order valence-electron chi connectivity index (χ0n) is 17.7. The second-order valence-electron chi connectivity index (χ2n) is 7.08. The van der Waals surface area contributed by atoms with E-state index in [0.717, 1.165) is 5.56 Å². The fraction of sp³-hybridized carbons (Fsp3) is 0.130. The third-order valence-electron chi connectivity index (χ3n) is 5.10. The number of nitrogens with two attached hydrogens (primary N) is 2. The SMILES string of the molecule is COc1ccc(OCc2ccccc2)cc1C1N=C(NC#N)Nc2nc(N)c(C#N)c(N)c21. The molecule has 0 saturated carbocycles. The van der Waals surface area contributed by atoms with Crippen LogP contribution in [0.15, 0.2) is 53.5 Å². The van der Waals surface area contributed by atoms with E-state index in [1.54, 1.807) is 18.2 Å². The van der Waals surface area contributed by atoms with E-state index in [-0.39, 0.29) is 23.0 Å².